The lowest BCUT2D eigenvalue weighted by Crippen LogP contribution is -2.36. The van der Waals surface area contributed by atoms with Gasteiger partial charge in [-0.25, -0.2) is 0 Å². The smallest absolute Gasteiger partial charge is 0.174 e. The fourth-order valence-corrected chi connectivity index (χ4v) is 0.862. The van der Waals surface area contributed by atoms with Crippen molar-refractivity contribution in [3.63, 3.8) is 0 Å². The lowest BCUT2D eigenvalue weighted by Gasteiger charge is -2.10. The van der Waals surface area contributed by atoms with E-state index in [4.69, 9.17) is 4.74 Å². The normalized spacial score (nSPS) is 12.9. The Hall–Kier alpha value is -0.410. The lowest BCUT2D eigenvalue weighted by molar-refractivity contribution is -0.125. The van der Waals surface area contributed by atoms with Crippen molar-refractivity contribution in [2.45, 2.75) is 33.2 Å². The molecular formula is C9H19NO2. The summed E-state index contributed by atoms with van der Waals surface area (Å²) >= 11 is 0. The van der Waals surface area contributed by atoms with Gasteiger partial charge in [0.05, 0.1) is 6.04 Å². The number of nitrogens with one attached hydrogen (secondary N) is 1. The molecule has 12 heavy (non-hydrogen) atoms. The molecule has 0 heterocycles. The molecule has 1 N–H and O–H groups in total. The molecule has 0 aromatic heterocycles. The molecular weight excluding hydrogens is 154 g/mol. The van der Waals surface area contributed by atoms with Gasteiger partial charge in [0.2, 0.25) is 0 Å². The number of hydrogen-bond donors (Lipinski definition) is 1. The summed E-state index contributed by atoms with van der Waals surface area (Å²) in [7, 11) is 0. The van der Waals surface area contributed by atoms with E-state index in [1.165, 1.54) is 0 Å². The van der Waals surface area contributed by atoms with Crippen LogP contribution in [-0.2, 0) is 9.53 Å². The first-order chi connectivity index (χ1) is 5.72. The second kappa shape index (κ2) is 7.25. The third kappa shape index (κ3) is 5.27. The molecule has 3 nitrogen and oxygen atoms in total. The average Bonchev–Trinajstić information content (AvgIpc) is 2.05. The monoisotopic (exact) mass is 173 g/mol. The van der Waals surface area contributed by atoms with Gasteiger partial charge in [-0.05, 0) is 19.9 Å². The van der Waals surface area contributed by atoms with Crippen LogP contribution in [0.2, 0.25) is 0 Å². The van der Waals surface area contributed by atoms with E-state index in [1.807, 2.05) is 20.8 Å². The van der Waals surface area contributed by atoms with Crippen molar-refractivity contribution < 1.29 is 9.53 Å². The molecule has 0 amide bonds. The van der Waals surface area contributed by atoms with Gasteiger partial charge in [0.25, 0.3) is 0 Å². The SMILES string of the molecule is CCCOCC(=O)[C@H](C)NCC. The van der Waals surface area contributed by atoms with E-state index in [9.17, 15) is 4.79 Å². The predicted molar refractivity (Wildman–Crippen MR) is 49.3 cm³/mol. The number of rotatable bonds is 7. The molecule has 0 saturated heterocycles. The van der Waals surface area contributed by atoms with Gasteiger partial charge in [0.15, 0.2) is 5.78 Å². The zero-order valence-corrected chi connectivity index (χ0v) is 8.22. The quantitative estimate of drug-likeness (QED) is 0.583. The summed E-state index contributed by atoms with van der Waals surface area (Å²) < 4.78 is 5.12. The minimum atomic E-state index is -0.0770. The molecule has 0 rings (SSSR count). The molecule has 0 aliphatic rings. The Labute approximate surface area is 74.5 Å². The standard InChI is InChI=1S/C9H19NO2/c1-4-6-12-7-9(11)8(3)10-5-2/h8,10H,4-7H2,1-3H3/t8-/m0/s1. The summed E-state index contributed by atoms with van der Waals surface area (Å²) in [6, 6.07) is -0.0770. The summed E-state index contributed by atoms with van der Waals surface area (Å²) in [6.07, 6.45) is 0.961. The first kappa shape index (κ1) is 11.6. The van der Waals surface area contributed by atoms with Crippen molar-refractivity contribution in [3.8, 4) is 0 Å². The molecule has 0 unspecified atom stereocenters. The maximum Gasteiger partial charge on any atom is 0.174 e. The Bertz CT molecular complexity index is 126. The van der Waals surface area contributed by atoms with Crippen LogP contribution < -0.4 is 5.32 Å². The second-order valence-corrected chi connectivity index (χ2v) is 2.80. The third-order valence-electron chi connectivity index (χ3n) is 1.59. The van der Waals surface area contributed by atoms with E-state index in [0.717, 1.165) is 13.0 Å². The number of likely N-dealkylation sites (N-methyl/N-ethyl adjacent to an activating group) is 1. The van der Waals surface area contributed by atoms with E-state index in [1.54, 1.807) is 0 Å². The minimum Gasteiger partial charge on any atom is -0.374 e. The fraction of sp³-hybridized carbons (Fsp3) is 0.889. The molecule has 0 aliphatic carbocycles. The molecule has 0 saturated carbocycles. The largest absolute Gasteiger partial charge is 0.374 e. The van der Waals surface area contributed by atoms with Crippen LogP contribution in [0.4, 0.5) is 0 Å². The maximum absolute atomic E-state index is 11.2. The summed E-state index contributed by atoms with van der Waals surface area (Å²) in [5.41, 5.74) is 0. The van der Waals surface area contributed by atoms with Crippen molar-refractivity contribution in [2.75, 3.05) is 19.8 Å². The Kier molecular flexibility index (Phi) is 7.00. The van der Waals surface area contributed by atoms with Crippen molar-refractivity contribution in [1.29, 1.82) is 0 Å². The Morgan fingerprint density at radius 2 is 2.17 bits per heavy atom. The van der Waals surface area contributed by atoms with E-state index in [2.05, 4.69) is 5.32 Å². The van der Waals surface area contributed by atoms with Crippen molar-refractivity contribution in [3.05, 3.63) is 0 Å². The second-order valence-electron chi connectivity index (χ2n) is 2.80. The number of carbonyl (C=O) groups excluding carboxylic acids is 1. The fourth-order valence-electron chi connectivity index (χ4n) is 0.862. The molecule has 0 bridgehead atoms. The van der Waals surface area contributed by atoms with E-state index >= 15 is 0 Å². The highest BCUT2D eigenvalue weighted by molar-refractivity contribution is 5.84. The highest BCUT2D eigenvalue weighted by Gasteiger charge is 2.10. The van der Waals surface area contributed by atoms with Gasteiger partial charge in [-0.1, -0.05) is 13.8 Å². The van der Waals surface area contributed by atoms with E-state index < -0.39 is 0 Å². The highest BCUT2D eigenvalue weighted by Crippen LogP contribution is 1.87. The lowest BCUT2D eigenvalue weighted by atomic mass is 10.2. The molecule has 0 aliphatic heterocycles. The van der Waals surface area contributed by atoms with E-state index in [-0.39, 0.29) is 18.4 Å². The minimum absolute atomic E-state index is 0.0770. The molecule has 3 heteroatoms. The first-order valence-electron chi connectivity index (χ1n) is 4.56. The van der Waals surface area contributed by atoms with Crippen LogP contribution in [0.25, 0.3) is 0 Å². The van der Waals surface area contributed by atoms with Gasteiger partial charge in [0.1, 0.15) is 6.61 Å². The zero-order valence-electron chi connectivity index (χ0n) is 8.22. The summed E-state index contributed by atoms with van der Waals surface area (Å²) in [4.78, 5) is 11.2. The van der Waals surface area contributed by atoms with Gasteiger partial charge in [-0.2, -0.15) is 0 Å². The van der Waals surface area contributed by atoms with Crippen molar-refractivity contribution in [1.82, 2.24) is 5.32 Å². The van der Waals surface area contributed by atoms with Gasteiger partial charge < -0.3 is 10.1 Å². The molecule has 0 fully saturated rings. The maximum atomic E-state index is 11.2. The number of carbonyl (C=O) groups is 1. The average molecular weight is 173 g/mol. The van der Waals surface area contributed by atoms with Crippen LogP contribution in [0.5, 0.6) is 0 Å². The van der Waals surface area contributed by atoms with E-state index in [0.29, 0.717) is 6.61 Å². The van der Waals surface area contributed by atoms with Crippen LogP contribution in [-0.4, -0.2) is 31.6 Å². The molecule has 0 radical (unpaired) electrons. The van der Waals surface area contributed by atoms with Gasteiger partial charge in [0, 0.05) is 6.61 Å². The molecule has 1 atom stereocenters. The zero-order chi connectivity index (χ0) is 9.40. The predicted octanol–water partition coefficient (Wildman–Crippen LogP) is 0.980. The third-order valence-corrected chi connectivity index (χ3v) is 1.59. The van der Waals surface area contributed by atoms with Crippen LogP contribution in [0.15, 0.2) is 0 Å². The first-order valence-corrected chi connectivity index (χ1v) is 4.56. The van der Waals surface area contributed by atoms with Gasteiger partial charge in [-0.15, -0.1) is 0 Å². The van der Waals surface area contributed by atoms with Crippen LogP contribution in [0, 0.1) is 0 Å². The molecule has 72 valence electrons. The molecule has 0 aromatic carbocycles. The Morgan fingerprint density at radius 1 is 1.50 bits per heavy atom. The Morgan fingerprint density at radius 3 is 2.67 bits per heavy atom. The Balaban J connectivity index is 3.43. The van der Waals surface area contributed by atoms with Crippen LogP contribution >= 0.6 is 0 Å². The van der Waals surface area contributed by atoms with Gasteiger partial charge >= 0.3 is 0 Å². The van der Waals surface area contributed by atoms with Crippen molar-refractivity contribution in [2.24, 2.45) is 0 Å². The van der Waals surface area contributed by atoms with Gasteiger partial charge in [-0.3, -0.25) is 4.79 Å². The molecule has 0 aromatic rings. The number of ketones is 1. The number of ether oxygens (including phenoxy) is 1. The summed E-state index contributed by atoms with van der Waals surface area (Å²) in [6.45, 7) is 7.60. The summed E-state index contributed by atoms with van der Waals surface area (Å²) in [5, 5.41) is 3.04. The summed E-state index contributed by atoms with van der Waals surface area (Å²) in [5.74, 6) is 0.130. The number of Topliss-reactive ketones (excluding diaryl/α,β-unsaturated/α-hetero) is 1. The van der Waals surface area contributed by atoms with Crippen LogP contribution in [0.1, 0.15) is 27.2 Å². The highest BCUT2D eigenvalue weighted by atomic mass is 16.5. The van der Waals surface area contributed by atoms with Crippen molar-refractivity contribution >= 4 is 5.78 Å². The molecule has 0 spiro atoms. The van der Waals surface area contributed by atoms with Crippen LogP contribution in [0.3, 0.4) is 0 Å². The number of hydrogen-bond acceptors (Lipinski definition) is 3. The topological polar surface area (TPSA) is 38.3 Å².